The molecule has 1 aliphatic carbocycles. The number of carboxylic acids is 1. The van der Waals surface area contributed by atoms with Crippen molar-refractivity contribution in [3.63, 3.8) is 0 Å². The van der Waals surface area contributed by atoms with Crippen LogP contribution in [0.5, 0.6) is 0 Å². The molecule has 3 rings (SSSR count). The molecule has 0 fully saturated rings. The zero-order chi connectivity index (χ0) is 16.4. The van der Waals surface area contributed by atoms with Gasteiger partial charge in [0.2, 0.25) is 0 Å². The minimum absolute atomic E-state index is 0.579. The van der Waals surface area contributed by atoms with Crippen molar-refractivity contribution in [2.24, 2.45) is 0 Å². The lowest BCUT2D eigenvalue weighted by Gasteiger charge is -2.16. The Morgan fingerprint density at radius 1 is 1.43 bits per heavy atom. The highest BCUT2D eigenvalue weighted by Gasteiger charge is 2.25. The zero-order valence-electron chi connectivity index (χ0n) is 13.4. The number of anilines is 1. The molecule has 2 aromatic heterocycles. The van der Waals surface area contributed by atoms with Crippen molar-refractivity contribution in [1.29, 1.82) is 0 Å². The van der Waals surface area contributed by atoms with Gasteiger partial charge in [-0.3, -0.25) is 0 Å². The number of thiophene rings is 1. The van der Waals surface area contributed by atoms with Crippen molar-refractivity contribution < 1.29 is 9.90 Å². The summed E-state index contributed by atoms with van der Waals surface area (Å²) in [5, 5.41) is 13.7. The van der Waals surface area contributed by atoms with E-state index in [1.807, 2.05) is 13.2 Å². The number of thioether (sulfide) groups is 1. The summed E-state index contributed by atoms with van der Waals surface area (Å²) in [4.78, 5) is 23.2. The Hall–Kier alpha value is -1.34. The number of nitrogens with one attached hydrogen (secondary N) is 1. The maximum Gasteiger partial charge on any atom is 0.326 e. The molecule has 0 aromatic carbocycles. The SMILES string of the molecule is CCc1nc(NC(CCSC)C(=O)O)c2c3c(sc2n1)CCC3. The number of aryl methyl sites for hydroxylation is 3. The fourth-order valence-corrected chi connectivity index (χ4v) is 4.71. The van der Waals surface area contributed by atoms with E-state index in [0.717, 1.165) is 41.1 Å². The highest BCUT2D eigenvalue weighted by atomic mass is 32.2. The number of hydrogen-bond acceptors (Lipinski definition) is 6. The van der Waals surface area contributed by atoms with Crippen LogP contribution in [0.4, 0.5) is 5.82 Å². The number of carbonyl (C=O) groups is 1. The molecule has 0 bridgehead atoms. The van der Waals surface area contributed by atoms with Crippen LogP contribution in [-0.4, -0.2) is 39.1 Å². The second-order valence-electron chi connectivity index (χ2n) is 5.70. The molecule has 1 atom stereocenters. The Kier molecular flexibility index (Phi) is 5.06. The molecule has 0 saturated carbocycles. The predicted molar refractivity (Wildman–Crippen MR) is 96.9 cm³/mol. The molecule has 0 amide bonds. The van der Waals surface area contributed by atoms with Gasteiger partial charge in [0.15, 0.2) is 0 Å². The highest BCUT2D eigenvalue weighted by molar-refractivity contribution is 7.98. The summed E-state index contributed by atoms with van der Waals surface area (Å²) in [5.41, 5.74) is 1.32. The van der Waals surface area contributed by atoms with Gasteiger partial charge in [-0.25, -0.2) is 14.8 Å². The van der Waals surface area contributed by atoms with Gasteiger partial charge < -0.3 is 10.4 Å². The Labute approximate surface area is 143 Å². The summed E-state index contributed by atoms with van der Waals surface area (Å²) in [5.74, 6) is 1.46. The minimum atomic E-state index is -0.823. The van der Waals surface area contributed by atoms with E-state index in [9.17, 15) is 9.90 Å². The van der Waals surface area contributed by atoms with Crippen LogP contribution in [-0.2, 0) is 24.1 Å². The number of aromatic nitrogens is 2. The third kappa shape index (κ3) is 3.30. The van der Waals surface area contributed by atoms with E-state index in [1.54, 1.807) is 23.1 Å². The fourth-order valence-electron chi connectivity index (χ4n) is 2.96. The zero-order valence-corrected chi connectivity index (χ0v) is 15.0. The first-order chi connectivity index (χ1) is 11.1. The van der Waals surface area contributed by atoms with E-state index in [2.05, 4.69) is 15.3 Å². The Morgan fingerprint density at radius 3 is 2.96 bits per heavy atom. The number of nitrogens with zero attached hydrogens (tertiary/aromatic N) is 2. The van der Waals surface area contributed by atoms with Crippen molar-refractivity contribution in [2.75, 3.05) is 17.3 Å². The third-order valence-electron chi connectivity index (χ3n) is 4.15. The van der Waals surface area contributed by atoms with Crippen molar-refractivity contribution >= 4 is 45.1 Å². The molecule has 5 nitrogen and oxygen atoms in total. The molecule has 1 unspecified atom stereocenters. The average molecular weight is 351 g/mol. The summed E-state index contributed by atoms with van der Waals surface area (Å²) >= 11 is 3.40. The van der Waals surface area contributed by atoms with Gasteiger partial charge in [0, 0.05) is 11.3 Å². The normalized spacial score (nSPS) is 14.9. The molecular formula is C16H21N3O2S2. The maximum atomic E-state index is 11.6. The van der Waals surface area contributed by atoms with Gasteiger partial charge in [0.1, 0.15) is 22.5 Å². The molecule has 2 aromatic rings. The van der Waals surface area contributed by atoms with Gasteiger partial charge in [0.25, 0.3) is 0 Å². The number of rotatable bonds is 7. The molecule has 7 heteroatoms. The molecular weight excluding hydrogens is 330 g/mol. The highest BCUT2D eigenvalue weighted by Crippen LogP contribution is 2.39. The van der Waals surface area contributed by atoms with Crippen LogP contribution in [0.15, 0.2) is 0 Å². The second kappa shape index (κ2) is 7.05. The number of carboxylic acid groups (broad SMARTS) is 1. The number of aliphatic carboxylic acids is 1. The van der Waals surface area contributed by atoms with Crippen LogP contribution in [0.3, 0.4) is 0 Å². The van der Waals surface area contributed by atoms with Crippen molar-refractivity contribution in [1.82, 2.24) is 9.97 Å². The van der Waals surface area contributed by atoms with E-state index < -0.39 is 12.0 Å². The molecule has 2 N–H and O–H groups in total. The fraction of sp³-hybridized carbons (Fsp3) is 0.562. The van der Waals surface area contributed by atoms with E-state index in [4.69, 9.17) is 0 Å². The lowest BCUT2D eigenvalue weighted by Crippen LogP contribution is -2.30. The van der Waals surface area contributed by atoms with Crippen LogP contribution >= 0.6 is 23.1 Å². The van der Waals surface area contributed by atoms with Crippen LogP contribution in [0.1, 0.15) is 36.0 Å². The predicted octanol–water partition coefficient (Wildman–Crippen LogP) is 3.36. The van der Waals surface area contributed by atoms with E-state index in [-0.39, 0.29) is 0 Å². The van der Waals surface area contributed by atoms with Crippen LogP contribution in [0, 0.1) is 0 Å². The van der Waals surface area contributed by atoms with Crippen LogP contribution < -0.4 is 5.32 Å². The maximum absolute atomic E-state index is 11.6. The third-order valence-corrected chi connectivity index (χ3v) is 5.98. The van der Waals surface area contributed by atoms with Gasteiger partial charge in [-0.05, 0) is 43.3 Å². The second-order valence-corrected chi connectivity index (χ2v) is 7.77. The van der Waals surface area contributed by atoms with E-state index >= 15 is 0 Å². The topological polar surface area (TPSA) is 75.1 Å². The minimum Gasteiger partial charge on any atom is -0.480 e. The first-order valence-corrected chi connectivity index (χ1v) is 10.1. The summed E-state index contributed by atoms with van der Waals surface area (Å²) < 4.78 is 0. The molecule has 0 spiro atoms. The van der Waals surface area contributed by atoms with Crippen molar-refractivity contribution in [2.45, 2.75) is 45.1 Å². The van der Waals surface area contributed by atoms with Gasteiger partial charge in [-0.15, -0.1) is 11.3 Å². The standard InChI is InChI=1S/C16H21N3O2S2/c1-3-12-18-14(17-10(16(20)21)7-8-22-2)13-9-5-4-6-11(9)23-15(13)19-12/h10H,3-8H2,1-2H3,(H,20,21)(H,17,18,19). The molecule has 0 aliphatic heterocycles. The molecule has 1 aliphatic rings. The van der Waals surface area contributed by atoms with Crippen LogP contribution in [0.25, 0.3) is 10.2 Å². The van der Waals surface area contributed by atoms with Gasteiger partial charge >= 0.3 is 5.97 Å². The molecule has 124 valence electrons. The lowest BCUT2D eigenvalue weighted by atomic mass is 10.1. The lowest BCUT2D eigenvalue weighted by molar-refractivity contribution is -0.137. The Morgan fingerprint density at radius 2 is 2.26 bits per heavy atom. The van der Waals surface area contributed by atoms with E-state index in [0.29, 0.717) is 12.2 Å². The first kappa shape index (κ1) is 16.5. The Bertz CT molecular complexity index is 730. The summed E-state index contributed by atoms with van der Waals surface area (Å²) in [6.45, 7) is 2.02. The van der Waals surface area contributed by atoms with Crippen molar-refractivity contribution in [3.05, 3.63) is 16.3 Å². The largest absolute Gasteiger partial charge is 0.480 e. The van der Waals surface area contributed by atoms with Gasteiger partial charge in [-0.2, -0.15) is 11.8 Å². The first-order valence-electron chi connectivity index (χ1n) is 7.93. The number of fused-ring (bicyclic) bond motifs is 3. The molecule has 0 saturated heterocycles. The van der Waals surface area contributed by atoms with Gasteiger partial charge in [0.05, 0.1) is 5.39 Å². The summed E-state index contributed by atoms with van der Waals surface area (Å²) in [6.07, 6.45) is 6.63. The monoisotopic (exact) mass is 351 g/mol. The summed E-state index contributed by atoms with van der Waals surface area (Å²) in [7, 11) is 0. The quantitative estimate of drug-likeness (QED) is 0.797. The smallest absolute Gasteiger partial charge is 0.326 e. The molecule has 2 heterocycles. The van der Waals surface area contributed by atoms with Crippen LogP contribution in [0.2, 0.25) is 0 Å². The van der Waals surface area contributed by atoms with Crippen molar-refractivity contribution in [3.8, 4) is 0 Å². The van der Waals surface area contributed by atoms with E-state index in [1.165, 1.54) is 16.9 Å². The number of hydrogen-bond donors (Lipinski definition) is 2. The molecule has 0 radical (unpaired) electrons. The molecule has 23 heavy (non-hydrogen) atoms. The average Bonchev–Trinajstić information content (AvgIpc) is 3.10. The van der Waals surface area contributed by atoms with Gasteiger partial charge in [-0.1, -0.05) is 6.92 Å². The Balaban J connectivity index is 2.02. The summed E-state index contributed by atoms with van der Waals surface area (Å²) in [6, 6.07) is -0.609.